The SMILES string of the molecule is C[N+](C)(Cc1ccc(CNC(=O)C2=Cc3ccccc3CCC2)cc1)C1CCOCC1.C[N+](C)(Cc1ccc(NC(=O)C2=Cc3ccccc3CCC2)cc1)C1CCOCC1.Cc1oc(-c2ccccc2)cc1C(=O)NCc1ccc(C[N+](C)(C)C2CCOCC2)cc1. The Kier molecular flexibility index (Phi) is 23.7. The van der Waals surface area contributed by atoms with Crippen molar-refractivity contribution in [3.05, 3.63) is 230 Å². The smallest absolute Gasteiger partial charge is 0.255 e. The van der Waals surface area contributed by atoms with Gasteiger partial charge in [0.05, 0.1) is 106 Å². The maximum absolute atomic E-state index is 12.9. The van der Waals surface area contributed by atoms with E-state index in [9.17, 15) is 14.4 Å². The van der Waals surface area contributed by atoms with E-state index in [4.69, 9.17) is 18.6 Å². The van der Waals surface area contributed by atoms with Gasteiger partial charge < -0.3 is 48.0 Å². The minimum Gasteiger partial charge on any atom is -0.461 e. The van der Waals surface area contributed by atoms with E-state index in [-0.39, 0.29) is 17.7 Å². The number of quaternary nitrogens is 3. The summed E-state index contributed by atoms with van der Waals surface area (Å²) in [5.74, 6) is 1.29. The summed E-state index contributed by atoms with van der Waals surface area (Å²) in [6, 6.07) is 56.0. The first kappa shape index (κ1) is 68.1. The summed E-state index contributed by atoms with van der Waals surface area (Å²) in [6.45, 7) is 11.1. The molecule has 3 N–H and O–H groups in total. The maximum atomic E-state index is 12.9. The molecule has 3 saturated heterocycles. The molecule has 3 fully saturated rings. The van der Waals surface area contributed by atoms with Gasteiger partial charge in [0.25, 0.3) is 11.8 Å². The third-order valence-electron chi connectivity index (χ3n) is 19.8. The molecule has 3 amide bonds. The lowest BCUT2D eigenvalue weighted by Gasteiger charge is -2.40. The number of benzene rings is 6. The first-order valence-electron chi connectivity index (χ1n) is 34.0. The van der Waals surface area contributed by atoms with Gasteiger partial charge in [0.15, 0.2) is 0 Å². The largest absolute Gasteiger partial charge is 0.461 e. The fourth-order valence-electron chi connectivity index (χ4n) is 14.0. The molecule has 4 heterocycles. The fraction of sp³-hybridized carbons (Fsp3) is 0.412. The molecule has 0 unspecified atom stereocenters. The van der Waals surface area contributed by atoms with Crippen molar-refractivity contribution in [1.82, 2.24) is 10.6 Å². The minimum absolute atomic E-state index is 0.0118. The molecule has 6 aromatic carbocycles. The number of hydrogen-bond donors (Lipinski definition) is 3. The number of carbonyl (C=O) groups excluding carboxylic acids is 3. The van der Waals surface area contributed by atoms with Gasteiger partial charge in [0, 0.05) is 90.7 Å². The number of hydrogen-bond acceptors (Lipinski definition) is 7. The molecule has 13 heteroatoms. The molecule has 7 aromatic rings. The van der Waals surface area contributed by atoms with E-state index in [1.165, 1.54) is 38.9 Å². The summed E-state index contributed by atoms with van der Waals surface area (Å²) in [7, 11) is 13.9. The molecule has 0 spiro atoms. The highest BCUT2D eigenvalue weighted by Crippen LogP contribution is 2.30. The summed E-state index contributed by atoms with van der Waals surface area (Å²) in [6.07, 6.45) is 16.6. The highest BCUT2D eigenvalue weighted by Gasteiger charge is 2.33. The molecule has 2 aliphatic carbocycles. The molecule has 0 saturated carbocycles. The molecule has 12 rings (SSSR count). The third-order valence-corrected chi connectivity index (χ3v) is 19.8. The van der Waals surface area contributed by atoms with Crippen LogP contribution in [0, 0.1) is 6.92 Å². The van der Waals surface area contributed by atoms with Crippen LogP contribution in [0.1, 0.15) is 130 Å². The Bertz CT molecular complexity index is 3620. The van der Waals surface area contributed by atoms with Crippen LogP contribution in [-0.2, 0) is 69.4 Å². The van der Waals surface area contributed by atoms with Crippen LogP contribution in [0.2, 0.25) is 0 Å². The number of nitrogens with zero attached hydrogens (tertiary/aromatic N) is 3. The van der Waals surface area contributed by atoms with Crippen LogP contribution in [0.15, 0.2) is 173 Å². The average molecular weight is 1260 g/mol. The van der Waals surface area contributed by atoms with E-state index >= 15 is 0 Å². The van der Waals surface area contributed by atoms with E-state index in [1.54, 1.807) is 0 Å². The summed E-state index contributed by atoms with van der Waals surface area (Å²) >= 11 is 0. The predicted octanol–water partition coefficient (Wildman–Crippen LogP) is 14.2. The Labute approximate surface area is 553 Å². The topological polar surface area (TPSA) is 128 Å². The van der Waals surface area contributed by atoms with Crippen LogP contribution in [0.25, 0.3) is 23.5 Å². The molecule has 0 bridgehead atoms. The number of furan rings is 1. The Hall–Kier alpha value is -7.75. The Morgan fingerprint density at radius 2 is 0.806 bits per heavy atom. The Morgan fingerprint density at radius 3 is 1.25 bits per heavy atom. The van der Waals surface area contributed by atoms with Gasteiger partial charge in [0.1, 0.15) is 31.2 Å². The number of amides is 3. The first-order chi connectivity index (χ1) is 44.9. The zero-order valence-electron chi connectivity index (χ0n) is 56.4. The zero-order chi connectivity index (χ0) is 65.2. The van der Waals surface area contributed by atoms with Gasteiger partial charge in [-0.3, -0.25) is 14.4 Å². The molecular weight excluding hydrogens is 1160 g/mol. The normalized spacial score (nSPS) is 16.6. The molecule has 3 aliphatic heterocycles. The molecule has 490 valence electrons. The Balaban J connectivity index is 0.000000153. The van der Waals surface area contributed by atoms with E-state index < -0.39 is 0 Å². The van der Waals surface area contributed by atoms with Crippen LogP contribution in [-0.4, -0.2) is 131 Å². The van der Waals surface area contributed by atoms with Crippen molar-refractivity contribution >= 4 is 35.6 Å². The van der Waals surface area contributed by atoms with Crippen molar-refractivity contribution in [2.75, 3.05) is 87.2 Å². The standard InChI is InChI=1S/C27H32N2O3.C27H34N2O2.C26H32N2O2/c1-20-25(17-26(32-20)23-7-5-4-6-8-23)27(30)28-18-21-9-11-22(12-10-21)19-29(2,3)24-13-15-31-16-14-24;1-29(2,26-14-16-31-17-15-26)20-22-12-10-21(11-13-22)19-28-27(30)25-9-5-8-23-6-3-4-7-24(23)18-25;1-28(2,25-14-16-30-17-15-25)19-20-10-12-24(13-11-20)27-26(29)23-9-5-8-21-6-3-4-7-22(21)18-23/h4-12,17,24H,13-16,18-19H2,1-3H3;3-4,6-7,10-13,18,26H,5,8-9,14-17,19-20H2,1-2H3;3-4,6-7,10-13,18,25H,5,8-9,14-17,19H2,1-2H3/p+3. The quantitative estimate of drug-likeness (QED) is 0.0730. The van der Waals surface area contributed by atoms with Gasteiger partial charge >= 0.3 is 0 Å². The first-order valence-corrected chi connectivity index (χ1v) is 34.0. The number of ether oxygens (including phenoxy) is 3. The lowest BCUT2D eigenvalue weighted by molar-refractivity contribution is -0.929. The molecule has 1 aromatic heterocycles. The minimum atomic E-state index is -0.116. The van der Waals surface area contributed by atoms with Crippen LogP contribution < -0.4 is 16.0 Å². The van der Waals surface area contributed by atoms with Crippen LogP contribution in [0.4, 0.5) is 5.69 Å². The van der Waals surface area contributed by atoms with E-state index in [1.807, 2.05) is 67.6 Å². The van der Waals surface area contributed by atoms with E-state index in [0.29, 0.717) is 48.3 Å². The van der Waals surface area contributed by atoms with Gasteiger partial charge in [-0.1, -0.05) is 140 Å². The number of rotatable bonds is 18. The van der Waals surface area contributed by atoms with Crippen LogP contribution in [0.5, 0.6) is 0 Å². The average Bonchev–Trinajstić information content (AvgIpc) is 1.94. The lowest BCUT2D eigenvalue weighted by Crippen LogP contribution is -2.50. The number of aryl methyl sites for hydroxylation is 3. The van der Waals surface area contributed by atoms with Gasteiger partial charge in [0.2, 0.25) is 5.91 Å². The number of fused-ring (bicyclic) bond motifs is 2. The van der Waals surface area contributed by atoms with Gasteiger partial charge in [-0.15, -0.1) is 0 Å². The molecule has 0 radical (unpaired) electrons. The highest BCUT2D eigenvalue weighted by molar-refractivity contribution is 6.07. The monoisotopic (exact) mass is 1260 g/mol. The van der Waals surface area contributed by atoms with Crippen molar-refractivity contribution in [3.63, 3.8) is 0 Å². The molecule has 0 atom stereocenters. The van der Waals surface area contributed by atoms with Gasteiger partial charge in [-0.05, 0) is 109 Å². The number of anilines is 1. The number of nitrogens with one attached hydrogen (secondary N) is 3. The maximum Gasteiger partial charge on any atom is 0.255 e. The zero-order valence-corrected chi connectivity index (χ0v) is 56.4. The second-order valence-corrected chi connectivity index (χ2v) is 27.9. The van der Waals surface area contributed by atoms with Gasteiger partial charge in [-0.2, -0.15) is 0 Å². The van der Waals surface area contributed by atoms with Crippen molar-refractivity contribution in [2.24, 2.45) is 0 Å². The molecule has 5 aliphatic rings. The van der Waals surface area contributed by atoms with Gasteiger partial charge in [-0.25, -0.2) is 0 Å². The number of carbonyl (C=O) groups is 3. The summed E-state index contributed by atoms with van der Waals surface area (Å²) in [4.78, 5) is 38.4. The second kappa shape index (κ2) is 32.4. The highest BCUT2D eigenvalue weighted by atomic mass is 16.5. The molecular formula is C80H101N6O7+3. The summed E-state index contributed by atoms with van der Waals surface area (Å²) < 4.78 is 25.3. The van der Waals surface area contributed by atoms with Crippen molar-refractivity contribution in [2.45, 2.75) is 135 Å². The third kappa shape index (κ3) is 19.4. The Morgan fingerprint density at radius 1 is 0.430 bits per heavy atom. The van der Waals surface area contributed by atoms with Crippen LogP contribution in [0.3, 0.4) is 0 Å². The van der Waals surface area contributed by atoms with E-state index in [2.05, 4.69) is 167 Å². The molecule has 93 heavy (non-hydrogen) atoms. The molecule has 13 nitrogen and oxygen atoms in total. The van der Waals surface area contributed by atoms with E-state index in [0.717, 1.165) is 183 Å². The fourth-order valence-corrected chi connectivity index (χ4v) is 14.0. The predicted molar refractivity (Wildman–Crippen MR) is 374 cm³/mol. The summed E-state index contributed by atoms with van der Waals surface area (Å²) in [5.41, 5.74) is 15.4. The van der Waals surface area contributed by atoms with Crippen molar-refractivity contribution in [3.8, 4) is 11.3 Å². The van der Waals surface area contributed by atoms with Crippen molar-refractivity contribution in [1.29, 1.82) is 0 Å². The van der Waals surface area contributed by atoms with Crippen LogP contribution >= 0.6 is 0 Å². The second-order valence-electron chi connectivity index (χ2n) is 27.9. The summed E-state index contributed by atoms with van der Waals surface area (Å²) in [5, 5.41) is 9.24. The lowest BCUT2D eigenvalue weighted by atomic mass is 10.0. The van der Waals surface area contributed by atoms with Crippen molar-refractivity contribution < 1.29 is 46.5 Å².